The summed E-state index contributed by atoms with van der Waals surface area (Å²) in [5.74, 6) is 0. The molecule has 0 saturated carbocycles. The van der Waals surface area contributed by atoms with Crippen molar-refractivity contribution in [1.82, 2.24) is 9.55 Å². The summed E-state index contributed by atoms with van der Waals surface area (Å²) in [6.45, 7) is -0.297. The molecule has 7 nitrogen and oxygen atoms in total. The molecule has 18 heavy (non-hydrogen) atoms. The van der Waals surface area contributed by atoms with Crippen molar-refractivity contribution in [3.05, 3.63) is 30.6 Å². The van der Waals surface area contributed by atoms with Gasteiger partial charge in [-0.15, -0.1) is 11.8 Å². The molecule has 2 rings (SSSR count). The number of hydrogen-bond acceptors (Lipinski definition) is 6. The molecule has 4 N–H and O–H groups in total. The smallest absolute Gasteiger partial charge is 0.329 e. The van der Waals surface area contributed by atoms with Gasteiger partial charge in [-0.05, 0) is 22.6 Å². The van der Waals surface area contributed by atoms with E-state index in [2.05, 4.69) is 4.98 Å². The molecule has 0 spiro atoms. The van der Waals surface area contributed by atoms with Gasteiger partial charge >= 0.3 is 5.69 Å². The summed E-state index contributed by atoms with van der Waals surface area (Å²) in [6.07, 6.45) is -0.956. The molecule has 1 aromatic heterocycles. The van der Waals surface area contributed by atoms with Gasteiger partial charge in [0.2, 0.25) is 0 Å². The van der Waals surface area contributed by atoms with Crippen molar-refractivity contribution >= 4 is 34.4 Å². The fourth-order valence-corrected chi connectivity index (χ4v) is 3.57. The topological polar surface area (TPSA) is 116 Å². The molecule has 0 unspecified atom stereocenters. The lowest BCUT2D eigenvalue weighted by Crippen LogP contribution is -2.38. The maximum atomic E-state index is 11.7. The van der Waals surface area contributed by atoms with E-state index in [0.717, 1.165) is 16.3 Å². The Labute approximate surface area is 119 Å². The number of aromatic nitrogens is 2. The van der Waals surface area contributed by atoms with Crippen LogP contribution in [0.2, 0.25) is 0 Å². The zero-order valence-corrected chi connectivity index (χ0v) is 12.0. The van der Waals surface area contributed by atoms with E-state index in [1.165, 1.54) is 6.20 Å². The molecule has 9 heteroatoms. The van der Waals surface area contributed by atoms with Gasteiger partial charge in [0.25, 0.3) is 5.56 Å². The normalized spacial score (nSPS) is 31.8. The molecular formula is C9H11IN2O5S. The van der Waals surface area contributed by atoms with E-state index in [4.69, 9.17) is 5.11 Å². The average molecular weight is 386 g/mol. The number of hydrogen-bond donors (Lipinski definition) is 4. The molecule has 1 fully saturated rings. The highest BCUT2D eigenvalue weighted by atomic mass is 127. The zero-order valence-electron chi connectivity index (χ0n) is 8.99. The highest BCUT2D eigenvalue weighted by molar-refractivity contribution is 14.1. The maximum absolute atomic E-state index is 11.7. The second-order valence-electron chi connectivity index (χ2n) is 3.87. The first kappa shape index (κ1) is 14.1. The Morgan fingerprint density at radius 1 is 1.39 bits per heavy atom. The number of aliphatic hydroxyl groups is 3. The minimum absolute atomic E-state index is 0.297. The molecular weight excluding hydrogens is 375 g/mol. The highest BCUT2D eigenvalue weighted by Gasteiger charge is 2.43. The van der Waals surface area contributed by atoms with Crippen LogP contribution in [-0.2, 0) is 0 Å². The predicted molar refractivity (Wildman–Crippen MR) is 73.6 cm³/mol. The quantitative estimate of drug-likeness (QED) is 0.459. The number of H-pyrrole nitrogens is 1. The Morgan fingerprint density at radius 3 is 2.61 bits per heavy atom. The SMILES string of the molecule is O=c1[nH]c(=O)n([C@H]2S[C@@H](CO)[C@@H](O)[C@@H]2O)cc1I. The lowest BCUT2D eigenvalue weighted by Gasteiger charge is -2.17. The summed E-state index contributed by atoms with van der Waals surface area (Å²) in [5.41, 5.74) is -1.14. The summed E-state index contributed by atoms with van der Waals surface area (Å²) in [6, 6.07) is 0. The monoisotopic (exact) mass is 386 g/mol. The van der Waals surface area contributed by atoms with Crippen LogP contribution >= 0.6 is 34.4 Å². The molecule has 0 aromatic carbocycles. The van der Waals surface area contributed by atoms with Crippen LogP contribution in [-0.4, -0.2) is 48.9 Å². The Balaban J connectivity index is 2.42. The van der Waals surface area contributed by atoms with Crippen molar-refractivity contribution in [2.24, 2.45) is 0 Å². The number of aromatic amines is 1. The molecule has 100 valence electrons. The standard InChI is InChI=1S/C9H11IN2O5S/c10-3-1-12(9(17)11-7(3)16)8-6(15)5(14)4(2-13)18-8/h1,4-6,8,13-15H,2H2,(H,11,16,17)/t4-,5+,6-,8-/m0/s1. The Morgan fingerprint density at radius 2 is 2.06 bits per heavy atom. The molecule has 2 heterocycles. The van der Waals surface area contributed by atoms with Crippen molar-refractivity contribution in [2.75, 3.05) is 6.61 Å². The minimum atomic E-state index is -1.17. The number of aliphatic hydroxyl groups excluding tert-OH is 3. The Kier molecular flexibility index (Phi) is 4.16. The Hall–Kier alpha value is -0.360. The number of halogens is 1. The third-order valence-electron chi connectivity index (χ3n) is 2.72. The van der Waals surface area contributed by atoms with Gasteiger partial charge in [-0.2, -0.15) is 0 Å². The van der Waals surface area contributed by atoms with Crippen LogP contribution in [0.3, 0.4) is 0 Å². The molecule has 0 amide bonds. The predicted octanol–water partition coefficient (Wildman–Crippen LogP) is -1.53. The minimum Gasteiger partial charge on any atom is -0.395 e. The Bertz CT molecular complexity index is 559. The zero-order chi connectivity index (χ0) is 13.4. The average Bonchev–Trinajstić information content (AvgIpc) is 2.61. The van der Waals surface area contributed by atoms with Gasteiger partial charge in [-0.1, -0.05) is 0 Å². The van der Waals surface area contributed by atoms with Crippen molar-refractivity contribution in [3.63, 3.8) is 0 Å². The summed E-state index contributed by atoms with van der Waals surface area (Å²) in [4.78, 5) is 25.0. The van der Waals surface area contributed by atoms with E-state index >= 15 is 0 Å². The van der Waals surface area contributed by atoms with Gasteiger partial charge < -0.3 is 15.3 Å². The van der Waals surface area contributed by atoms with Crippen molar-refractivity contribution in [3.8, 4) is 0 Å². The van der Waals surface area contributed by atoms with Gasteiger partial charge in [0, 0.05) is 6.20 Å². The van der Waals surface area contributed by atoms with E-state index in [1.807, 2.05) is 0 Å². The van der Waals surface area contributed by atoms with E-state index in [-0.39, 0.29) is 6.61 Å². The molecule has 1 saturated heterocycles. The third-order valence-corrected chi connectivity index (χ3v) is 5.05. The van der Waals surface area contributed by atoms with Crippen molar-refractivity contribution in [1.29, 1.82) is 0 Å². The van der Waals surface area contributed by atoms with Gasteiger partial charge in [0.05, 0.1) is 21.5 Å². The molecule has 1 aliphatic heterocycles. The van der Waals surface area contributed by atoms with E-state index in [0.29, 0.717) is 3.57 Å². The maximum Gasteiger partial charge on any atom is 0.329 e. The van der Waals surface area contributed by atoms with E-state index < -0.39 is 34.1 Å². The van der Waals surface area contributed by atoms with Gasteiger partial charge in [-0.3, -0.25) is 14.3 Å². The molecule has 4 atom stereocenters. The fourth-order valence-electron chi connectivity index (χ4n) is 1.76. The summed E-state index contributed by atoms with van der Waals surface area (Å²) in [7, 11) is 0. The molecule has 0 radical (unpaired) electrons. The first-order valence-corrected chi connectivity index (χ1v) is 7.11. The second-order valence-corrected chi connectivity index (χ2v) is 6.40. The van der Waals surface area contributed by atoms with Crippen LogP contribution in [0.1, 0.15) is 5.37 Å². The van der Waals surface area contributed by atoms with Crippen LogP contribution in [0.5, 0.6) is 0 Å². The van der Waals surface area contributed by atoms with Gasteiger partial charge in [0.1, 0.15) is 11.5 Å². The van der Waals surface area contributed by atoms with Crippen LogP contribution < -0.4 is 11.2 Å². The largest absolute Gasteiger partial charge is 0.395 e. The molecule has 0 aliphatic carbocycles. The first-order chi connectivity index (χ1) is 8.45. The number of nitrogens with zero attached hydrogens (tertiary/aromatic N) is 1. The molecule has 1 aliphatic rings. The summed E-state index contributed by atoms with van der Waals surface area (Å²) < 4.78 is 1.47. The van der Waals surface area contributed by atoms with Crippen LogP contribution in [0, 0.1) is 3.57 Å². The van der Waals surface area contributed by atoms with Crippen LogP contribution in [0.4, 0.5) is 0 Å². The number of rotatable bonds is 2. The second kappa shape index (κ2) is 5.33. The van der Waals surface area contributed by atoms with E-state index in [9.17, 15) is 19.8 Å². The van der Waals surface area contributed by atoms with Crippen LogP contribution in [0.25, 0.3) is 0 Å². The summed E-state index contributed by atoms with van der Waals surface area (Å²) in [5, 5.41) is 27.3. The lowest BCUT2D eigenvalue weighted by atomic mass is 10.1. The van der Waals surface area contributed by atoms with Gasteiger partial charge in [-0.25, -0.2) is 4.79 Å². The van der Waals surface area contributed by atoms with Crippen molar-refractivity contribution in [2.45, 2.75) is 22.8 Å². The number of thioether (sulfide) groups is 1. The summed E-state index contributed by atoms with van der Waals surface area (Å²) >= 11 is 2.87. The number of nitrogens with one attached hydrogen (secondary N) is 1. The highest BCUT2D eigenvalue weighted by Crippen LogP contribution is 2.40. The lowest BCUT2D eigenvalue weighted by molar-refractivity contribution is 0.0101. The molecule has 0 bridgehead atoms. The first-order valence-electron chi connectivity index (χ1n) is 5.09. The third kappa shape index (κ3) is 2.37. The van der Waals surface area contributed by atoms with Crippen LogP contribution in [0.15, 0.2) is 15.8 Å². The fraction of sp³-hybridized carbons (Fsp3) is 0.556. The van der Waals surface area contributed by atoms with E-state index in [1.54, 1.807) is 22.6 Å². The van der Waals surface area contributed by atoms with Gasteiger partial charge in [0.15, 0.2) is 0 Å². The molecule has 1 aromatic rings. The van der Waals surface area contributed by atoms with Crippen molar-refractivity contribution < 1.29 is 15.3 Å².